The third-order valence-electron chi connectivity index (χ3n) is 5.18. The van der Waals surface area contributed by atoms with E-state index in [9.17, 15) is 9.59 Å². The Labute approximate surface area is 164 Å². The van der Waals surface area contributed by atoms with E-state index < -0.39 is 0 Å². The van der Waals surface area contributed by atoms with Gasteiger partial charge in [-0.3, -0.25) is 9.59 Å². The number of rotatable bonds is 7. The number of anilines is 1. The van der Waals surface area contributed by atoms with Gasteiger partial charge in [0.1, 0.15) is 5.75 Å². The molecule has 0 atom stereocenters. The Balaban J connectivity index is 1.17. The number of amides is 2. The third kappa shape index (κ3) is 4.51. The van der Waals surface area contributed by atoms with E-state index in [1.807, 2.05) is 18.2 Å². The van der Waals surface area contributed by atoms with E-state index in [1.165, 1.54) is 11.1 Å². The molecule has 2 heterocycles. The summed E-state index contributed by atoms with van der Waals surface area (Å²) in [6, 6.07) is 12.1. The van der Waals surface area contributed by atoms with Crippen LogP contribution in [0.5, 0.6) is 5.75 Å². The number of carbonyl (C=O) groups is 2. The highest BCUT2D eigenvalue weighted by Gasteiger charge is 2.15. The lowest BCUT2D eigenvalue weighted by Crippen LogP contribution is -2.23. The van der Waals surface area contributed by atoms with Crippen LogP contribution < -0.4 is 20.7 Å². The molecule has 2 aromatic rings. The molecule has 0 unspecified atom stereocenters. The second-order valence-corrected chi connectivity index (χ2v) is 7.30. The first-order chi connectivity index (χ1) is 13.7. The Morgan fingerprint density at radius 1 is 1.04 bits per heavy atom. The van der Waals surface area contributed by atoms with Crippen molar-refractivity contribution in [2.75, 3.05) is 11.9 Å². The summed E-state index contributed by atoms with van der Waals surface area (Å²) in [5.41, 5.74) is 5.76. The molecule has 0 spiro atoms. The quantitative estimate of drug-likeness (QED) is 0.646. The average molecular weight is 379 g/mol. The summed E-state index contributed by atoms with van der Waals surface area (Å²) in [6.07, 6.45) is 2.35. The van der Waals surface area contributed by atoms with Gasteiger partial charge in [0.2, 0.25) is 11.8 Å². The minimum Gasteiger partial charge on any atom is -0.494 e. The Kier molecular flexibility index (Phi) is 5.58. The fraction of sp³-hybridized carbons (Fsp3) is 0.364. The lowest BCUT2D eigenvalue weighted by Gasteiger charge is -2.17. The lowest BCUT2D eigenvalue weighted by atomic mass is 10.0. The summed E-state index contributed by atoms with van der Waals surface area (Å²) in [7, 11) is 0. The number of fused-ring (bicyclic) bond motifs is 2. The third-order valence-corrected chi connectivity index (χ3v) is 5.18. The van der Waals surface area contributed by atoms with Gasteiger partial charge in [-0.1, -0.05) is 18.2 Å². The van der Waals surface area contributed by atoms with Crippen LogP contribution in [0.3, 0.4) is 0 Å². The molecule has 3 N–H and O–H groups in total. The fourth-order valence-corrected chi connectivity index (χ4v) is 3.62. The average Bonchev–Trinajstić information content (AvgIpc) is 3.17. The van der Waals surface area contributed by atoms with Crippen LogP contribution in [0.25, 0.3) is 0 Å². The van der Waals surface area contributed by atoms with E-state index in [4.69, 9.17) is 4.74 Å². The molecule has 0 bridgehead atoms. The van der Waals surface area contributed by atoms with Crippen molar-refractivity contribution >= 4 is 17.5 Å². The molecule has 2 aliphatic heterocycles. The maximum atomic E-state index is 12.1. The number of aryl methyl sites for hydroxylation is 1. The van der Waals surface area contributed by atoms with Crippen molar-refractivity contribution < 1.29 is 14.3 Å². The van der Waals surface area contributed by atoms with Crippen molar-refractivity contribution in [3.8, 4) is 5.75 Å². The molecule has 0 saturated heterocycles. The van der Waals surface area contributed by atoms with Crippen LogP contribution in [0.4, 0.5) is 5.69 Å². The Morgan fingerprint density at radius 2 is 1.93 bits per heavy atom. The Hall–Kier alpha value is -2.86. The smallest absolute Gasteiger partial charge is 0.224 e. The van der Waals surface area contributed by atoms with E-state index in [0.717, 1.165) is 42.1 Å². The van der Waals surface area contributed by atoms with Gasteiger partial charge < -0.3 is 20.7 Å². The molecular weight excluding hydrogens is 354 g/mol. The van der Waals surface area contributed by atoms with Gasteiger partial charge in [0.15, 0.2) is 0 Å². The molecule has 2 aromatic carbocycles. The fourth-order valence-electron chi connectivity index (χ4n) is 3.62. The lowest BCUT2D eigenvalue weighted by molar-refractivity contribution is -0.121. The Morgan fingerprint density at radius 3 is 2.86 bits per heavy atom. The predicted molar refractivity (Wildman–Crippen MR) is 107 cm³/mol. The number of benzene rings is 2. The maximum absolute atomic E-state index is 12.1. The molecule has 28 heavy (non-hydrogen) atoms. The molecule has 0 saturated carbocycles. The van der Waals surface area contributed by atoms with Crippen molar-refractivity contribution in [3.05, 3.63) is 58.7 Å². The zero-order chi connectivity index (χ0) is 19.3. The Bertz CT molecular complexity index is 895. The van der Waals surface area contributed by atoms with E-state index in [-0.39, 0.29) is 11.8 Å². The van der Waals surface area contributed by atoms with Gasteiger partial charge in [0.05, 0.1) is 6.61 Å². The van der Waals surface area contributed by atoms with E-state index in [2.05, 4.69) is 34.1 Å². The second-order valence-electron chi connectivity index (χ2n) is 7.30. The maximum Gasteiger partial charge on any atom is 0.224 e. The van der Waals surface area contributed by atoms with E-state index in [0.29, 0.717) is 32.4 Å². The zero-order valence-corrected chi connectivity index (χ0v) is 15.8. The molecule has 0 aromatic heterocycles. The molecular formula is C22H25N3O3. The topological polar surface area (TPSA) is 79.5 Å². The van der Waals surface area contributed by atoms with Crippen LogP contribution in [0.15, 0.2) is 36.4 Å². The first-order valence-corrected chi connectivity index (χ1v) is 9.81. The zero-order valence-electron chi connectivity index (χ0n) is 15.8. The van der Waals surface area contributed by atoms with Crippen molar-refractivity contribution in [3.63, 3.8) is 0 Å². The summed E-state index contributed by atoms with van der Waals surface area (Å²) in [5.74, 6) is 0.876. The van der Waals surface area contributed by atoms with Gasteiger partial charge in [0.25, 0.3) is 0 Å². The summed E-state index contributed by atoms with van der Waals surface area (Å²) in [5, 5.41) is 9.16. The van der Waals surface area contributed by atoms with Crippen LogP contribution >= 0.6 is 0 Å². The number of hydrogen-bond acceptors (Lipinski definition) is 4. The summed E-state index contributed by atoms with van der Waals surface area (Å²) in [4.78, 5) is 23.5. The van der Waals surface area contributed by atoms with Crippen LogP contribution in [0.1, 0.15) is 41.5 Å². The summed E-state index contributed by atoms with van der Waals surface area (Å²) < 4.78 is 5.76. The first-order valence-electron chi connectivity index (χ1n) is 9.81. The van der Waals surface area contributed by atoms with Gasteiger partial charge in [-0.25, -0.2) is 0 Å². The minimum absolute atomic E-state index is 0.0374. The molecule has 2 aliphatic rings. The number of carbonyl (C=O) groups excluding carboxylic acids is 2. The van der Waals surface area contributed by atoms with Gasteiger partial charge in [-0.15, -0.1) is 0 Å². The van der Waals surface area contributed by atoms with Crippen LogP contribution in [0.2, 0.25) is 0 Å². The van der Waals surface area contributed by atoms with E-state index >= 15 is 0 Å². The largest absolute Gasteiger partial charge is 0.494 e. The highest BCUT2D eigenvalue weighted by molar-refractivity contribution is 5.94. The molecule has 4 rings (SSSR count). The second kappa shape index (κ2) is 8.44. The molecule has 2 amide bonds. The number of nitrogens with one attached hydrogen (secondary N) is 3. The van der Waals surface area contributed by atoms with Gasteiger partial charge in [0, 0.05) is 38.2 Å². The standard InChI is InChI=1S/C22H25N3O3/c26-21(24-12-15-3-4-17-13-23-14-18(17)10-15)2-1-9-28-19-6-7-20-16(11-19)5-8-22(27)25-20/h3-4,6-7,10-11,23H,1-2,5,8-9,12-14H2,(H,24,26)(H,25,27). The van der Waals surface area contributed by atoms with Crippen molar-refractivity contribution in [2.45, 2.75) is 45.3 Å². The molecule has 6 nitrogen and oxygen atoms in total. The van der Waals surface area contributed by atoms with Crippen LogP contribution in [0, 0.1) is 0 Å². The predicted octanol–water partition coefficient (Wildman–Crippen LogP) is 2.65. The minimum atomic E-state index is 0.0374. The highest BCUT2D eigenvalue weighted by Crippen LogP contribution is 2.26. The van der Waals surface area contributed by atoms with Crippen molar-refractivity contribution in [2.24, 2.45) is 0 Å². The first kappa shape index (κ1) is 18.5. The molecule has 0 aliphatic carbocycles. The summed E-state index contributed by atoms with van der Waals surface area (Å²) >= 11 is 0. The number of ether oxygens (including phenoxy) is 1. The molecule has 6 heteroatoms. The number of hydrogen-bond donors (Lipinski definition) is 3. The monoisotopic (exact) mass is 379 g/mol. The van der Waals surface area contributed by atoms with Gasteiger partial charge >= 0.3 is 0 Å². The highest BCUT2D eigenvalue weighted by atomic mass is 16.5. The van der Waals surface area contributed by atoms with Crippen molar-refractivity contribution in [1.29, 1.82) is 0 Å². The molecule has 0 fully saturated rings. The van der Waals surface area contributed by atoms with Crippen molar-refractivity contribution in [1.82, 2.24) is 10.6 Å². The molecule has 0 radical (unpaired) electrons. The van der Waals surface area contributed by atoms with Crippen LogP contribution in [-0.4, -0.2) is 18.4 Å². The molecule has 146 valence electrons. The SMILES string of the molecule is O=C(CCCOc1ccc2c(c1)CCC(=O)N2)NCc1ccc2c(c1)CNC2. The summed E-state index contributed by atoms with van der Waals surface area (Å²) in [6.45, 7) is 2.89. The van der Waals surface area contributed by atoms with Gasteiger partial charge in [-0.2, -0.15) is 0 Å². The van der Waals surface area contributed by atoms with Crippen LogP contribution in [-0.2, 0) is 35.6 Å². The normalized spacial score (nSPS) is 14.8. The van der Waals surface area contributed by atoms with Gasteiger partial charge in [-0.05, 0) is 53.3 Å². The van der Waals surface area contributed by atoms with E-state index in [1.54, 1.807) is 0 Å².